The van der Waals surface area contributed by atoms with Gasteiger partial charge in [0.05, 0.1) is 0 Å². The number of rotatable bonds is 5. The van der Waals surface area contributed by atoms with Crippen LogP contribution in [0.1, 0.15) is 46.0 Å². The Bertz CT molecular complexity index is 616. The third kappa shape index (κ3) is 3.12. The van der Waals surface area contributed by atoms with E-state index in [1.807, 2.05) is 6.07 Å². The summed E-state index contributed by atoms with van der Waals surface area (Å²) in [4.78, 5) is 8.26. The second-order valence-corrected chi connectivity index (χ2v) is 6.98. The van der Waals surface area contributed by atoms with Gasteiger partial charge in [-0.15, -0.1) is 0 Å². The molecule has 0 aliphatic heterocycles. The summed E-state index contributed by atoms with van der Waals surface area (Å²) in [7, 11) is 0. The summed E-state index contributed by atoms with van der Waals surface area (Å²) in [6, 6.07) is 1.82. The fraction of sp³-hybridized carbons (Fsp3) is 0.667. The van der Waals surface area contributed by atoms with Gasteiger partial charge >= 0.3 is 0 Å². The predicted octanol–water partition coefficient (Wildman–Crippen LogP) is 3.80. The summed E-state index contributed by atoms with van der Waals surface area (Å²) >= 11 is 6.06. The Kier molecular flexibility index (Phi) is 4.02. The second-order valence-electron chi connectivity index (χ2n) is 6.59. The minimum Gasteiger partial charge on any atom is -0.369 e. The zero-order chi connectivity index (χ0) is 14.9. The molecule has 21 heavy (non-hydrogen) atoms. The minimum absolute atomic E-state index is 0.400. The molecule has 1 aliphatic rings. The van der Waals surface area contributed by atoms with Crippen LogP contribution in [0.3, 0.4) is 0 Å². The van der Waals surface area contributed by atoms with E-state index in [1.165, 1.54) is 38.4 Å². The summed E-state index contributed by atoms with van der Waals surface area (Å²) in [5.41, 5.74) is 0.400. The van der Waals surface area contributed by atoms with Crippen LogP contribution in [-0.4, -0.2) is 26.1 Å². The molecule has 114 valence electrons. The molecule has 0 atom stereocenters. The first-order valence-corrected chi connectivity index (χ1v) is 8.06. The van der Waals surface area contributed by atoms with Crippen molar-refractivity contribution in [3.05, 3.63) is 17.5 Å². The molecule has 2 aromatic heterocycles. The first-order valence-electron chi connectivity index (χ1n) is 7.68. The molecule has 2 heterocycles. The number of nitrogens with one attached hydrogen (secondary N) is 1. The number of halogens is 1. The number of aromatic nitrogens is 4. The van der Waals surface area contributed by atoms with Gasteiger partial charge in [0.15, 0.2) is 0 Å². The van der Waals surface area contributed by atoms with Gasteiger partial charge in [0.1, 0.15) is 17.3 Å². The normalized spacial score (nSPS) is 17.7. The van der Waals surface area contributed by atoms with E-state index in [4.69, 9.17) is 11.6 Å². The average molecular weight is 308 g/mol. The maximum absolute atomic E-state index is 6.06. The van der Waals surface area contributed by atoms with Crippen molar-refractivity contribution in [2.24, 2.45) is 11.3 Å². The quantitative estimate of drug-likeness (QED) is 0.854. The lowest BCUT2D eigenvalue weighted by Gasteiger charge is -2.31. The Labute approximate surface area is 130 Å². The third-order valence-corrected chi connectivity index (χ3v) is 4.56. The Morgan fingerprint density at radius 1 is 1.38 bits per heavy atom. The second kappa shape index (κ2) is 5.79. The Morgan fingerprint density at radius 3 is 2.86 bits per heavy atom. The van der Waals surface area contributed by atoms with Gasteiger partial charge in [-0.25, -0.2) is 0 Å². The van der Waals surface area contributed by atoms with Crippen molar-refractivity contribution in [2.75, 3.05) is 11.9 Å². The van der Waals surface area contributed by atoms with Crippen LogP contribution in [0.25, 0.3) is 5.78 Å². The van der Waals surface area contributed by atoms with Crippen LogP contribution in [-0.2, 0) is 0 Å². The molecule has 0 amide bonds. The molecule has 0 unspecified atom stereocenters. The molecular weight excluding hydrogens is 286 g/mol. The highest BCUT2D eigenvalue weighted by Gasteiger charge is 2.34. The fourth-order valence-electron chi connectivity index (χ4n) is 3.63. The van der Waals surface area contributed by atoms with E-state index in [0.29, 0.717) is 16.3 Å². The first-order chi connectivity index (χ1) is 10.1. The molecule has 0 aromatic carbocycles. The molecule has 0 saturated heterocycles. The molecule has 1 saturated carbocycles. The maximum Gasteiger partial charge on any atom is 0.255 e. The fourth-order valence-corrected chi connectivity index (χ4v) is 3.81. The molecule has 5 nitrogen and oxygen atoms in total. The van der Waals surface area contributed by atoms with Gasteiger partial charge in [-0.3, -0.25) is 0 Å². The number of hydrogen-bond acceptors (Lipinski definition) is 4. The van der Waals surface area contributed by atoms with E-state index in [9.17, 15) is 0 Å². The molecule has 1 aliphatic carbocycles. The lowest BCUT2D eigenvalue weighted by molar-refractivity contribution is 0.252. The molecule has 2 aromatic rings. The summed E-state index contributed by atoms with van der Waals surface area (Å²) in [6.07, 6.45) is 8.05. The molecule has 0 bridgehead atoms. The van der Waals surface area contributed by atoms with Gasteiger partial charge in [-0.2, -0.15) is 19.6 Å². The smallest absolute Gasteiger partial charge is 0.255 e. The lowest BCUT2D eigenvalue weighted by Crippen LogP contribution is -2.29. The molecule has 3 rings (SSSR count). The van der Waals surface area contributed by atoms with Gasteiger partial charge in [0.25, 0.3) is 5.78 Å². The number of anilines is 1. The van der Waals surface area contributed by atoms with Crippen molar-refractivity contribution >= 4 is 23.2 Å². The van der Waals surface area contributed by atoms with Crippen LogP contribution in [0.2, 0.25) is 5.15 Å². The topological polar surface area (TPSA) is 55.1 Å². The van der Waals surface area contributed by atoms with E-state index in [2.05, 4.69) is 34.2 Å². The van der Waals surface area contributed by atoms with Crippen molar-refractivity contribution < 1.29 is 0 Å². The maximum atomic E-state index is 6.06. The Balaban J connectivity index is 1.80. The molecular formula is C15H22ClN5. The van der Waals surface area contributed by atoms with Crippen molar-refractivity contribution in [1.29, 1.82) is 0 Å². The summed E-state index contributed by atoms with van der Waals surface area (Å²) in [5, 5.41) is 8.20. The minimum atomic E-state index is 0.400. The Morgan fingerprint density at radius 2 is 2.14 bits per heavy atom. The number of hydrogen-bond donors (Lipinski definition) is 1. The SMILES string of the molecule is CC(C)CC1(CNc2cc(Cl)nc3ncnn23)CCCC1. The first kappa shape index (κ1) is 14.6. The molecule has 6 heteroatoms. The highest BCUT2D eigenvalue weighted by Crippen LogP contribution is 2.43. The van der Waals surface area contributed by atoms with Gasteiger partial charge in [-0.05, 0) is 30.6 Å². The third-order valence-electron chi connectivity index (χ3n) is 4.37. The van der Waals surface area contributed by atoms with Crippen LogP contribution >= 0.6 is 11.6 Å². The molecule has 0 spiro atoms. The highest BCUT2D eigenvalue weighted by molar-refractivity contribution is 6.29. The van der Waals surface area contributed by atoms with E-state index in [0.717, 1.165) is 18.3 Å². The van der Waals surface area contributed by atoms with E-state index in [-0.39, 0.29) is 0 Å². The van der Waals surface area contributed by atoms with Crippen LogP contribution in [0, 0.1) is 11.3 Å². The lowest BCUT2D eigenvalue weighted by atomic mass is 9.78. The zero-order valence-corrected chi connectivity index (χ0v) is 13.4. The van der Waals surface area contributed by atoms with Crippen molar-refractivity contribution in [3.8, 4) is 0 Å². The summed E-state index contributed by atoms with van der Waals surface area (Å²) in [6.45, 7) is 5.57. The molecule has 1 fully saturated rings. The molecule has 1 N–H and O–H groups in total. The monoisotopic (exact) mass is 307 g/mol. The zero-order valence-electron chi connectivity index (χ0n) is 12.6. The van der Waals surface area contributed by atoms with Crippen molar-refractivity contribution in [3.63, 3.8) is 0 Å². The van der Waals surface area contributed by atoms with E-state index in [1.54, 1.807) is 4.52 Å². The van der Waals surface area contributed by atoms with Crippen molar-refractivity contribution in [1.82, 2.24) is 19.6 Å². The highest BCUT2D eigenvalue weighted by atomic mass is 35.5. The van der Waals surface area contributed by atoms with E-state index >= 15 is 0 Å². The van der Waals surface area contributed by atoms with Crippen LogP contribution in [0.5, 0.6) is 0 Å². The van der Waals surface area contributed by atoms with Crippen LogP contribution in [0.4, 0.5) is 5.82 Å². The Hall–Kier alpha value is -1.36. The number of fused-ring (bicyclic) bond motifs is 1. The van der Waals surface area contributed by atoms with E-state index < -0.39 is 0 Å². The largest absolute Gasteiger partial charge is 0.369 e. The number of nitrogens with zero attached hydrogens (tertiary/aromatic N) is 4. The van der Waals surface area contributed by atoms with Gasteiger partial charge in [-0.1, -0.05) is 38.3 Å². The van der Waals surface area contributed by atoms with Gasteiger partial charge < -0.3 is 5.32 Å². The standard InChI is InChI=1S/C15H22ClN5/c1-11(2)8-15(5-3-4-6-15)9-17-13-7-12(16)20-14-18-10-19-21(13)14/h7,10-11,17H,3-6,8-9H2,1-2H3. The van der Waals surface area contributed by atoms with Crippen LogP contribution in [0.15, 0.2) is 12.4 Å². The van der Waals surface area contributed by atoms with Crippen LogP contribution < -0.4 is 5.32 Å². The van der Waals surface area contributed by atoms with Gasteiger partial charge in [0.2, 0.25) is 0 Å². The molecule has 0 radical (unpaired) electrons. The summed E-state index contributed by atoms with van der Waals surface area (Å²) < 4.78 is 1.71. The van der Waals surface area contributed by atoms with Gasteiger partial charge in [0, 0.05) is 12.6 Å². The predicted molar refractivity (Wildman–Crippen MR) is 84.6 cm³/mol. The average Bonchev–Trinajstić information content (AvgIpc) is 3.04. The summed E-state index contributed by atoms with van der Waals surface area (Å²) in [5.74, 6) is 2.13. The van der Waals surface area contributed by atoms with Crippen molar-refractivity contribution in [2.45, 2.75) is 46.0 Å².